The maximum absolute atomic E-state index is 13.8. The van der Waals surface area contributed by atoms with E-state index in [1.54, 1.807) is 4.31 Å². The van der Waals surface area contributed by atoms with Crippen molar-refractivity contribution in [3.63, 3.8) is 0 Å². The number of piperidine rings is 1. The number of fused-ring (bicyclic) bond motifs is 2. The standard InChI is InChI=1S/C27H42N4O3S/c1-20-7-4-5-9-23(20)30-13-15-31(16-14-30)35(33,34)19-27-11-10-22(26(27,2)3)17-24(27)29-25(32)21-8-6-12-28-18-21/h4-5,7,9,21-22,24,28H,6,8,10-19H2,1-3H3,(H,29,32)/t21-,22?,24?,27?/m1/s1. The summed E-state index contributed by atoms with van der Waals surface area (Å²) in [5.41, 5.74) is 1.91. The molecule has 2 saturated carbocycles. The summed E-state index contributed by atoms with van der Waals surface area (Å²) < 4.78 is 29.4. The quantitative estimate of drug-likeness (QED) is 0.625. The van der Waals surface area contributed by atoms with Crippen LogP contribution in [0.25, 0.3) is 0 Å². The predicted molar refractivity (Wildman–Crippen MR) is 140 cm³/mol. The van der Waals surface area contributed by atoms with Gasteiger partial charge >= 0.3 is 0 Å². The fraction of sp³-hybridized carbons (Fsp3) is 0.741. The van der Waals surface area contributed by atoms with Gasteiger partial charge in [0.15, 0.2) is 0 Å². The van der Waals surface area contributed by atoms with Crippen LogP contribution >= 0.6 is 0 Å². The molecule has 3 unspecified atom stereocenters. The largest absolute Gasteiger partial charge is 0.369 e. The van der Waals surface area contributed by atoms with Crippen LogP contribution in [-0.4, -0.2) is 69.7 Å². The Bertz CT molecular complexity index is 1040. The van der Waals surface area contributed by atoms with Crippen LogP contribution in [0, 0.1) is 29.6 Å². The van der Waals surface area contributed by atoms with E-state index >= 15 is 0 Å². The number of para-hydroxylation sites is 1. The number of hydrogen-bond acceptors (Lipinski definition) is 5. The molecule has 0 radical (unpaired) electrons. The van der Waals surface area contributed by atoms with E-state index in [0.29, 0.717) is 32.1 Å². The molecule has 2 saturated heterocycles. The Balaban J connectivity index is 1.30. The molecule has 2 heterocycles. The maximum atomic E-state index is 13.8. The van der Waals surface area contributed by atoms with Gasteiger partial charge in [0, 0.05) is 49.9 Å². The second-order valence-corrected chi connectivity index (χ2v) is 13.9. The Hall–Kier alpha value is -1.64. The van der Waals surface area contributed by atoms with Crippen LogP contribution in [0.3, 0.4) is 0 Å². The number of nitrogens with one attached hydrogen (secondary N) is 2. The Morgan fingerprint density at radius 2 is 1.89 bits per heavy atom. The van der Waals surface area contributed by atoms with E-state index in [9.17, 15) is 13.2 Å². The Morgan fingerprint density at radius 1 is 1.14 bits per heavy atom. The second-order valence-electron chi connectivity index (χ2n) is 11.9. The lowest BCUT2D eigenvalue weighted by Gasteiger charge is -2.44. The third kappa shape index (κ3) is 4.40. The van der Waals surface area contributed by atoms with Gasteiger partial charge in [-0.15, -0.1) is 0 Å². The minimum Gasteiger partial charge on any atom is -0.369 e. The van der Waals surface area contributed by atoms with E-state index in [-0.39, 0.29) is 29.0 Å². The van der Waals surface area contributed by atoms with Crippen LogP contribution in [-0.2, 0) is 14.8 Å². The topological polar surface area (TPSA) is 81.8 Å². The van der Waals surface area contributed by atoms with Crippen molar-refractivity contribution in [3.8, 4) is 0 Å². The molecule has 2 aliphatic carbocycles. The molecule has 7 nitrogen and oxygen atoms in total. The fourth-order valence-corrected chi connectivity index (χ4v) is 9.80. The van der Waals surface area contributed by atoms with Gasteiger partial charge in [0.1, 0.15) is 0 Å². The molecule has 4 fully saturated rings. The summed E-state index contributed by atoms with van der Waals surface area (Å²) in [6.45, 7) is 10.7. The van der Waals surface area contributed by atoms with Crippen LogP contribution in [0.1, 0.15) is 51.5 Å². The molecule has 4 aliphatic rings. The molecular weight excluding hydrogens is 460 g/mol. The number of carbonyl (C=O) groups is 1. The molecule has 1 aromatic carbocycles. The lowest BCUT2D eigenvalue weighted by molar-refractivity contribution is -0.127. The Morgan fingerprint density at radius 3 is 2.54 bits per heavy atom. The number of hydrogen-bond donors (Lipinski definition) is 2. The van der Waals surface area contributed by atoms with Crippen LogP contribution < -0.4 is 15.5 Å². The summed E-state index contributed by atoms with van der Waals surface area (Å²) >= 11 is 0. The molecule has 1 amide bonds. The zero-order valence-electron chi connectivity index (χ0n) is 21.6. The van der Waals surface area contributed by atoms with E-state index < -0.39 is 15.4 Å². The highest BCUT2D eigenvalue weighted by Gasteiger charge is 2.66. The van der Waals surface area contributed by atoms with Crippen molar-refractivity contribution in [2.24, 2.45) is 22.7 Å². The van der Waals surface area contributed by atoms with E-state index in [4.69, 9.17) is 0 Å². The number of sulfonamides is 1. The van der Waals surface area contributed by atoms with Gasteiger partial charge < -0.3 is 15.5 Å². The predicted octanol–water partition coefficient (Wildman–Crippen LogP) is 2.76. The van der Waals surface area contributed by atoms with Crippen LogP contribution in [0.15, 0.2) is 24.3 Å². The Kier molecular flexibility index (Phi) is 6.68. The number of piperazine rings is 1. The molecule has 8 heteroatoms. The summed E-state index contributed by atoms with van der Waals surface area (Å²) in [6.07, 6.45) is 4.76. The number of carbonyl (C=O) groups excluding carboxylic acids is 1. The van der Waals surface area contributed by atoms with Gasteiger partial charge in [-0.2, -0.15) is 4.31 Å². The maximum Gasteiger partial charge on any atom is 0.224 e. The Labute approximate surface area is 211 Å². The van der Waals surface area contributed by atoms with Gasteiger partial charge in [0.05, 0.1) is 11.7 Å². The van der Waals surface area contributed by atoms with Gasteiger partial charge in [-0.3, -0.25) is 4.79 Å². The van der Waals surface area contributed by atoms with Crippen molar-refractivity contribution in [1.82, 2.24) is 14.9 Å². The molecule has 1 aromatic rings. The molecule has 4 atom stereocenters. The lowest BCUT2D eigenvalue weighted by atomic mass is 9.69. The summed E-state index contributed by atoms with van der Waals surface area (Å²) in [5.74, 6) is 0.704. The third-order valence-corrected chi connectivity index (χ3v) is 12.0. The van der Waals surface area contributed by atoms with E-state index in [1.807, 2.05) is 12.1 Å². The zero-order chi connectivity index (χ0) is 24.8. The summed E-state index contributed by atoms with van der Waals surface area (Å²) in [5, 5.41) is 6.70. The van der Waals surface area contributed by atoms with E-state index in [0.717, 1.165) is 45.2 Å². The van der Waals surface area contributed by atoms with Crippen molar-refractivity contribution in [2.45, 2.75) is 58.9 Å². The third-order valence-electron chi connectivity index (χ3n) is 9.94. The molecule has 2 aliphatic heterocycles. The molecule has 194 valence electrons. The van der Waals surface area contributed by atoms with Crippen molar-refractivity contribution >= 4 is 21.6 Å². The first kappa shape index (κ1) is 25.0. The molecule has 0 spiro atoms. The van der Waals surface area contributed by atoms with Crippen LogP contribution in [0.4, 0.5) is 5.69 Å². The highest BCUT2D eigenvalue weighted by molar-refractivity contribution is 7.89. The van der Waals surface area contributed by atoms with Gasteiger partial charge in [0.25, 0.3) is 0 Å². The minimum absolute atomic E-state index is 0.00540. The highest BCUT2D eigenvalue weighted by atomic mass is 32.2. The van der Waals surface area contributed by atoms with Crippen molar-refractivity contribution in [2.75, 3.05) is 49.9 Å². The summed E-state index contributed by atoms with van der Waals surface area (Å²) in [4.78, 5) is 15.4. The molecule has 2 bridgehead atoms. The van der Waals surface area contributed by atoms with Crippen molar-refractivity contribution in [3.05, 3.63) is 29.8 Å². The highest BCUT2D eigenvalue weighted by Crippen LogP contribution is 2.66. The smallest absolute Gasteiger partial charge is 0.224 e. The fourth-order valence-electron chi connectivity index (χ4n) is 7.53. The van der Waals surface area contributed by atoms with Gasteiger partial charge in [-0.25, -0.2) is 8.42 Å². The average molecular weight is 503 g/mol. The molecule has 2 N–H and O–H groups in total. The first-order valence-corrected chi connectivity index (χ1v) is 15.0. The molecule has 35 heavy (non-hydrogen) atoms. The number of rotatable bonds is 6. The first-order chi connectivity index (χ1) is 16.6. The normalized spacial score (nSPS) is 33.1. The molecule has 0 aromatic heterocycles. The van der Waals surface area contributed by atoms with E-state index in [1.165, 1.54) is 11.3 Å². The number of anilines is 1. The summed E-state index contributed by atoms with van der Waals surface area (Å²) in [6, 6.07) is 8.24. The molecule has 5 rings (SSSR count). The SMILES string of the molecule is Cc1ccccc1N1CCN(S(=O)(=O)CC23CCC(CC2NC(=O)[C@@H]2CCCNC2)C3(C)C)CC1. The summed E-state index contributed by atoms with van der Waals surface area (Å²) in [7, 11) is -3.45. The number of nitrogens with zero attached hydrogens (tertiary/aromatic N) is 2. The van der Waals surface area contributed by atoms with Crippen molar-refractivity contribution < 1.29 is 13.2 Å². The van der Waals surface area contributed by atoms with Gasteiger partial charge in [-0.1, -0.05) is 32.0 Å². The average Bonchev–Trinajstić information content (AvgIpc) is 3.20. The van der Waals surface area contributed by atoms with Gasteiger partial charge in [-0.05, 0) is 68.5 Å². The minimum atomic E-state index is -3.45. The number of benzene rings is 1. The van der Waals surface area contributed by atoms with E-state index in [2.05, 4.69) is 48.4 Å². The van der Waals surface area contributed by atoms with Gasteiger partial charge in [0.2, 0.25) is 15.9 Å². The monoisotopic (exact) mass is 502 g/mol. The second kappa shape index (κ2) is 9.34. The number of aryl methyl sites for hydroxylation is 1. The number of amides is 1. The van der Waals surface area contributed by atoms with Crippen molar-refractivity contribution in [1.29, 1.82) is 0 Å². The zero-order valence-corrected chi connectivity index (χ0v) is 22.4. The first-order valence-electron chi connectivity index (χ1n) is 13.4. The van der Waals surface area contributed by atoms with Crippen LogP contribution in [0.2, 0.25) is 0 Å². The van der Waals surface area contributed by atoms with Crippen LogP contribution in [0.5, 0.6) is 0 Å². The lowest BCUT2D eigenvalue weighted by Crippen LogP contribution is -2.57. The molecular formula is C27H42N4O3S.